The molecule has 166 valence electrons. The minimum absolute atomic E-state index is 0.0825. The predicted molar refractivity (Wildman–Crippen MR) is 114 cm³/mol. The molecular formula is C20H31N5O4S. The van der Waals surface area contributed by atoms with Crippen molar-refractivity contribution < 1.29 is 13.2 Å². The van der Waals surface area contributed by atoms with Crippen molar-refractivity contribution in [3.05, 3.63) is 28.7 Å². The first kappa shape index (κ1) is 21.5. The highest BCUT2D eigenvalue weighted by Gasteiger charge is 2.48. The van der Waals surface area contributed by atoms with Crippen molar-refractivity contribution in [1.82, 2.24) is 19.7 Å². The zero-order chi connectivity index (χ0) is 21.5. The number of amides is 1. The molecule has 0 spiro atoms. The quantitative estimate of drug-likeness (QED) is 0.623. The van der Waals surface area contributed by atoms with Gasteiger partial charge >= 0.3 is 0 Å². The third-order valence-corrected chi connectivity index (χ3v) is 9.05. The van der Waals surface area contributed by atoms with Crippen LogP contribution in [0.1, 0.15) is 32.6 Å². The Bertz CT molecular complexity index is 962. The molecule has 30 heavy (non-hydrogen) atoms. The number of hydrogen-bond donors (Lipinski definition) is 3. The van der Waals surface area contributed by atoms with Gasteiger partial charge in [-0.1, -0.05) is 6.92 Å². The van der Waals surface area contributed by atoms with E-state index in [9.17, 15) is 18.0 Å². The molecule has 10 heteroatoms. The van der Waals surface area contributed by atoms with Crippen LogP contribution in [0.2, 0.25) is 0 Å². The van der Waals surface area contributed by atoms with Crippen molar-refractivity contribution in [2.45, 2.75) is 43.9 Å². The molecule has 1 aliphatic carbocycles. The summed E-state index contributed by atoms with van der Waals surface area (Å²) in [5.74, 6) is 0.0122. The highest BCUT2D eigenvalue weighted by atomic mass is 32.2. The molecule has 2 saturated heterocycles. The Morgan fingerprint density at radius 3 is 2.87 bits per heavy atom. The summed E-state index contributed by atoms with van der Waals surface area (Å²) in [6.45, 7) is 3.55. The molecule has 2 aliphatic heterocycles. The average Bonchev–Trinajstić information content (AvgIpc) is 3.18. The second-order valence-corrected chi connectivity index (χ2v) is 11.2. The Morgan fingerprint density at radius 2 is 2.10 bits per heavy atom. The smallest absolute Gasteiger partial charge is 0.252 e. The van der Waals surface area contributed by atoms with Crippen LogP contribution in [0.5, 0.6) is 0 Å². The van der Waals surface area contributed by atoms with Crippen molar-refractivity contribution in [2.75, 3.05) is 25.0 Å². The first-order valence-electron chi connectivity index (χ1n) is 10.7. The zero-order valence-corrected chi connectivity index (χ0v) is 18.3. The van der Waals surface area contributed by atoms with E-state index in [-0.39, 0.29) is 24.1 Å². The summed E-state index contributed by atoms with van der Waals surface area (Å²) in [7, 11) is -1.88. The molecule has 3 heterocycles. The van der Waals surface area contributed by atoms with Crippen LogP contribution in [0.4, 0.5) is 5.69 Å². The Labute approximate surface area is 177 Å². The Hall–Kier alpha value is -1.75. The molecule has 3 N–H and O–H groups in total. The Morgan fingerprint density at radius 1 is 1.30 bits per heavy atom. The predicted octanol–water partition coefficient (Wildman–Crippen LogP) is 0.257. The van der Waals surface area contributed by atoms with E-state index in [1.807, 2.05) is 0 Å². The molecular weight excluding hydrogens is 406 g/mol. The molecule has 0 bridgehead atoms. The minimum atomic E-state index is -3.53. The molecule has 1 saturated carbocycles. The topological polar surface area (TPSA) is 113 Å². The fraction of sp³-hybridized carbons (Fsp3) is 0.700. The van der Waals surface area contributed by atoms with Gasteiger partial charge in [-0.15, -0.1) is 0 Å². The van der Waals surface area contributed by atoms with E-state index in [1.54, 1.807) is 19.3 Å². The van der Waals surface area contributed by atoms with Crippen molar-refractivity contribution >= 4 is 21.6 Å². The second kappa shape index (κ2) is 8.41. The molecule has 9 nitrogen and oxygen atoms in total. The van der Waals surface area contributed by atoms with Gasteiger partial charge < -0.3 is 9.88 Å². The van der Waals surface area contributed by atoms with Gasteiger partial charge in [-0.05, 0) is 43.6 Å². The number of aryl methyl sites for hydroxylation is 1. The third kappa shape index (κ3) is 4.18. The normalized spacial score (nSPS) is 32.5. The van der Waals surface area contributed by atoms with Crippen molar-refractivity contribution in [2.24, 2.45) is 24.8 Å². The van der Waals surface area contributed by atoms with Gasteiger partial charge in [0.25, 0.3) is 5.56 Å². The van der Waals surface area contributed by atoms with Gasteiger partial charge in [0.2, 0.25) is 15.9 Å². The fourth-order valence-corrected chi connectivity index (χ4v) is 7.48. The zero-order valence-electron chi connectivity index (χ0n) is 17.5. The van der Waals surface area contributed by atoms with Crippen LogP contribution in [0.25, 0.3) is 0 Å². The van der Waals surface area contributed by atoms with Crippen LogP contribution in [-0.4, -0.2) is 54.1 Å². The van der Waals surface area contributed by atoms with Crippen LogP contribution < -0.4 is 21.7 Å². The highest BCUT2D eigenvalue weighted by Crippen LogP contribution is 2.36. The number of aromatic nitrogens is 1. The van der Waals surface area contributed by atoms with E-state index in [0.717, 1.165) is 13.0 Å². The molecule has 3 fully saturated rings. The maximum atomic E-state index is 13.5. The second-order valence-electron chi connectivity index (χ2n) is 9.02. The third-order valence-electron chi connectivity index (χ3n) is 6.75. The summed E-state index contributed by atoms with van der Waals surface area (Å²) in [5.41, 5.74) is 6.54. The number of piperidine rings is 1. The molecule has 4 unspecified atom stereocenters. The number of pyridine rings is 1. The molecule has 1 amide bonds. The Balaban J connectivity index is 1.46. The number of carbonyl (C=O) groups is 1. The van der Waals surface area contributed by atoms with Gasteiger partial charge in [-0.3, -0.25) is 20.4 Å². The summed E-state index contributed by atoms with van der Waals surface area (Å²) >= 11 is 0. The van der Waals surface area contributed by atoms with Gasteiger partial charge in [0.05, 0.1) is 11.2 Å². The maximum absolute atomic E-state index is 13.5. The van der Waals surface area contributed by atoms with E-state index in [4.69, 9.17) is 0 Å². The van der Waals surface area contributed by atoms with Gasteiger partial charge in [-0.25, -0.2) is 12.7 Å². The van der Waals surface area contributed by atoms with E-state index in [0.29, 0.717) is 43.3 Å². The minimum Gasteiger partial charge on any atom is -0.326 e. The number of rotatable bonds is 4. The van der Waals surface area contributed by atoms with Crippen molar-refractivity contribution in [3.63, 3.8) is 0 Å². The highest BCUT2D eigenvalue weighted by molar-refractivity contribution is 7.89. The standard InChI is InChI=1S/C20H31N5O4S/c1-13-8-15-11-21-23-19(15)17(9-13)30(28,29)25-6-3-4-14(12-25)20(27)22-16-5-7-24(2)18(26)10-16/h5,7,10,13-15,17,19,21,23H,3-4,6,8-9,11-12H2,1-2H3,(H,22,27)/t13?,14-,15?,17?,19?/m1/s1. The molecule has 0 radical (unpaired) electrons. The van der Waals surface area contributed by atoms with Crippen LogP contribution in [0, 0.1) is 17.8 Å². The van der Waals surface area contributed by atoms with Gasteiger partial charge in [0, 0.05) is 50.7 Å². The summed E-state index contributed by atoms with van der Waals surface area (Å²) in [4.78, 5) is 24.6. The van der Waals surface area contributed by atoms with Crippen molar-refractivity contribution in [3.8, 4) is 0 Å². The van der Waals surface area contributed by atoms with Crippen LogP contribution in [-0.2, 0) is 21.9 Å². The fourth-order valence-electron chi connectivity index (χ4n) is 5.09. The SMILES string of the molecule is CC1CC2CNNC2C(S(=O)(=O)N2CCC[C@@H](C(=O)Nc3ccn(C)c(=O)c3)C2)C1. The first-order chi connectivity index (χ1) is 14.3. The molecule has 0 aromatic carbocycles. The molecule has 5 atom stereocenters. The van der Waals surface area contributed by atoms with Crippen LogP contribution >= 0.6 is 0 Å². The largest absolute Gasteiger partial charge is 0.326 e. The van der Waals surface area contributed by atoms with Crippen molar-refractivity contribution in [1.29, 1.82) is 0 Å². The lowest BCUT2D eigenvalue weighted by Crippen LogP contribution is -2.55. The number of fused-ring (bicyclic) bond motifs is 1. The van der Waals surface area contributed by atoms with Gasteiger partial charge in [0.1, 0.15) is 0 Å². The number of hydrazine groups is 1. The summed E-state index contributed by atoms with van der Waals surface area (Å²) in [6.07, 6.45) is 4.54. The van der Waals surface area contributed by atoms with Crippen LogP contribution in [0.15, 0.2) is 23.1 Å². The van der Waals surface area contributed by atoms with Gasteiger partial charge in [0.15, 0.2) is 0 Å². The lowest BCUT2D eigenvalue weighted by atomic mass is 9.79. The Kier molecular flexibility index (Phi) is 6.02. The van der Waals surface area contributed by atoms with E-state index >= 15 is 0 Å². The molecule has 1 aromatic rings. The average molecular weight is 438 g/mol. The van der Waals surface area contributed by atoms with E-state index in [1.165, 1.54) is 14.9 Å². The number of sulfonamides is 1. The lowest BCUT2D eigenvalue weighted by molar-refractivity contribution is -0.120. The number of hydrogen-bond acceptors (Lipinski definition) is 6. The molecule has 1 aromatic heterocycles. The van der Waals surface area contributed by atoms with Gasteiger partial charge in [-0.2, -0.15) is 0 Å². The summed E-state index contributed by atoms with van der Waals surface area (Å²) in [6, 6.07) is 2.96. The van der Waals surface area contributed by atoms with E-state index in [2.05, 4.69) is 23.1 Å². The summed E-state index contributed by atoms with van der Waals surface area (Å²) in [5, 5.41) is 2.31. The first-order valence-corrected chi connectivity index (χ1v) is 12.2. The number of nitrogens with zero attached hydrogens (tertiary/aromatic N) is 2. The summed E-state index contributed by atoms with van der Waals surface area (Å²) < 4.78 is 30.0. The van der Waals surface area contributed by atoms with E-state index < -0.39 is 21.2 Å². The maximum Gasteiger partial charge on any atom is 0.252 e. The number of carbonyl (C=O) groups excluding carboxylic acids is 1. The lowest BCUT2D eigenvalue weighted by Gasteiger charge is -2.40. The van der Waals surface area contributed by atoms with Crippen LogP contribution in [0.3, 0.4) is 0 Å². The number of nitrogens with one attached hydrogen (secondary N) is 3. The monoisotopic (exact) mass is 437 g/mol. The molecule has 4 rings (SSSR count). The molecule has 3 aliphatic rings. The number of anilines is 1.